The summed E-state index contributed by atoms with van der Waals surface area (Å²) in [6, 6.07) is 4.95. The van der Waals surface area contributed by atoms with Crippen LogP contribution in [0.2, 0.25) is 0 Å². The second-order valence-electron chi connectivity index (χ2n) is 6.81. The molecule has 0 spiro atoms. The number of amides is 1. The van der Waals surface area contributed by atoms with Crippen molar-refractivity contribution < 1.29 is 17.9 Å². The zero-order valence-corrected chi connectivity index (χ0v) is 16.6. The zero-order chi connectivity index (χ0) is 18.0. The van der Waals surface area contributed by atoms with E-state index < -0.39 is 10.0 Å². The van der Waals surface area contributed by atoms with Crippen molar-refractivity contribution in [2.45, 2.75) is 55.6 Å². The second kappa shape index (κ2) is 8.56. The van der Waals surface area contributed by atoms with Crippen LogP contribution in [0.15, 0.2) is 23.1 Å². The molecular formula is C17H26ClN3O4S. The van der Waals surface area contributed by atoms with E-state index in [1.807, 2.05) is 0 Å². The van der Waals surface area contributed by atoms with Gasteiger partial charge in [0.05, 0.1) is 7.11 Å². The summed E-state index contributed by atoms with van der Waals surface area (Å²) in [5, 5.41) is 6.34. The molecule has 2 unspecified atom stereocenters. The van der Waals surface area contributed by atoms with Gasteiger partial charge in [-0.25, -0.2) is 13.1 Å². The van der Waals surface area contributed by atoms with Gasteiger partial charge in [-0.05, 0) is 57.4 Å². The molecule has 7 nitrogen and oxygen atoms in total. The molecule has 0 aromatic heterocycles. The van der Waals surface area contributed by atoms with Gasteiger partial charge in [0.1, 0.15) is 10.6 Å². The van der Waals surface area contributed by atoms with Crippen LogP contribution in [0.25, 0.3) is 0 Å². The number of nitrogens with one attached hydrogen (secondary N) is 3. The monoisotopic (exact) mass is 403 g/mol. The molecule has 1 aliphatic heterocycles. The Balaban J connectivity index is 0.00000243. The second-order valence-corrected chi connectivity index (χ2v) is 8.49. The summed E-state index contributed by atoms with van der Waals surface area (Å²) in [4.78, 5) is 12.6. The van der Waals surface area contributed by atoms with Gasteiger partial charge in [-0.3, -0.25) is 4.79 Å². The van der Waals surface area contributed by atoms with E-state index in [9.17, 15) is 13.2 Å². The van der Waals surface area contributed by atoms with Crippen LogP contribution in [0.5, 0.6) is 5.75 Å². The quantitative estimate of drug-likeness (QED) is 0.667. The van der Waals surface area contributed by atoms with E-state index in [0.29, 0.717) is 11.6 Å². The highest BCUT2D eigenvalue weighted by Crippen LogP contribution is 2.28. The molecule has 1 amide bonds. The number of hydrogen-bond donors (Lipinski definition) is 3. The summed E-state index contributed by atoms with van der Waals surface area (Å²) in [7, 11) is -2.28. The minimum Gasteiger partial charge on any atom is -0.495 e. The third kappa shape index (κ3) is 5.09. The third-order valence-electron chi connectivity index (χ3n) is 4.57. The molecule has 146 valence electrons. The third-order valence-corrected chi connectivity index (χ3v) is 6.12. The molecule has 26 heavy (non-hydrogen) atoms. The molecule has 1 saturated carbocycles. The molecule has 3 rings (SSSR count). The van der Waals surface area contributed by atoms with E-state index in [1.165, 1.54) is 19.2 Å². The summed E-state index contributed by atoms with van der Waals surface area (Å²) in [6.45, 7) is 2.94. The number of piperidine rings is 1. The maximum absolute atomic E-state index is 12.5. The maximum Gasteiger partial charge on any atom is 0.251 e. The summed E-state index contributed by atoms with van der Waals surface area (Å²) >= 11 is 0. The highest BCUT2D eigenvalue weighted by atomic mass is 35.5. The van der Waals surface area contributed by atoms with Crippen LogP contribution in [-0.4, -0.2) is 46.1 Å². The van der Waals surface area contributed by atoms with Gasteiger partial charge >= 0.3 is 0 Å². The first-order chi connectivity index (χ1) is 11.9. The van der Waals surface area contributed by atoms with Crippen LogP contribution in [0.4, 0.5) is 0 Å². The first-order valence-electron chi connectivity index (χ1n) is 8.63. The predicted molar refractivity (Wildman–Crippen MR) is 102 cm³/mol. The first kappa shape index (κ1) is 21.0. The molecule has 2 fully saturated rings. The van der Waals surface area contributed by atoms with Crippen molar-refractivity contribution in [1.29, 1.82) is 0 Å². The average molecular weight is 404 g/mol. The van der Waals surface area contributed by atoms with Crippen molar-refractivity contribution in [3.8, 4) is 5.75 Å². The number of halogens is 1. The summed E-state index contributed by atoms with van der Waals surface area (Å²) < 4.78 is 32.9. The Labute approximate surface area is 160 Å². The van der Waals surface area contributed by atoms with E-state index in [4.69, 9.17) is 4.74 Å². The zero-order valence-electron chi connectivity index (χ0n) is 14.9. The van der Waals surface area contributed by atoms with E-state index in [-0.39, 0.29) is 41.0 Å². The number of benzene rings is 1. The molecule has 1 heterocycles. The molecule has 3 N–H and O–H groups in total. The fourth-order valence-electron chi connectivity index (χ4n) is 3.04. The van der Waals surface area contributed by atoms with Gasteiger partial charge in [0.25, 0.3) is 5.91 Å². The molecule has 2 aliphatic rings. The van der Waals surface area contributed by atoms with E-state index in [1.54, 1.807) is 6.07 Å². The molecule has 1 saturated heterocycles. The Kier molecular flexibility index (Phi) is 6.90. The summed E-state index contributed by atoms with van der Waals surface area (Å²) in [6.07, 6.45) is 3.40. The number of ether oxygens (including phenoxy) is 1. The Morgan fingerprint density at radius 1 is 1.23 bits per heavy atom. The van der Waals surface area contributed by atoms with Gasteiger partial charge in [-0.15, -0.1) is 12.4 Å². The number of methoxy groups -OCH3 is 1. The van der Waals surface area contributed by atoms with Crippen molar-refractivity contribution in [2.24, 2.45) is 0 Å². The number of hydrogen-bond acceptors (Lipinski definition) is 5. The fraction of sp³-hybridized carbons (Fsp3) is 0.588. The minimum absolute atomic E-state index is 0. The van der Waals surface area contributed by atoms with Crippen molar-refractivity contribution in [1.82, 2.24) is 15.4 Å². The van der Waals surface area contributed by atoms with E-state index in [2.05, 4.69) is 22.3 Å². The smallest absolute Gasteiger partial charge is 0.251 e. The predicted octanol–water partition coefficient (Wildman–Crippen LogP) is 1.43. The topological polar surface area (TPSA) is 96.5 Å². The molecule has 0 bridgehead atoms. The lowest BCUT2D eigenvalue weighted by molar-refractivity contribution is 0.0925. The molecule has 0 radical (unpaired) electrons. The highest BCUT2D eigenvalue weighted by Gasteiger charge is 2.30. The SMILES string of the molecule is COc1ccc(C(=O)NC2CCNC(C)C2)cc1S(=O)(=O)NC1CC1.Cl. The normalized spacial score (nSPS) is 23.0. The van der Waals surface area contributed by atoms with Gasteiger partial charge in [0, 0.05) is 23.7 Å². The molecule has 2 atom stereocenters. The van der Waals surface area contributed by atoms with E-state index in [0.717, 1.165) is 32.2 Å². The standard InChI is InChI=1S/C17H25N3O4S.ClH/c1-11-9-14(7-8-18-11)19-17(21)12-3-6-15(24-2)16(10-12)25(22,23)20-13-4-5-13;/h3,6,10-11,13-14,18,20H,4-5,7-9H2,1-2H3,(H,19,21);1H. The Hall–Kier alpha value is -1.35. The fourth-order valence-corrected chi connectivity index (χ4v) is 4.54. The van der Waals surface area contributed by atoms with Gasteiger partial charge in [0.2, 0.25) is 10.0 Å². The molecule has 1 aromatic rings. The van der Waals surface area contributed by atoms with Crippen LogP contribution in [-0.2, 0) is 10.0 Å². The van der Waals surface area contributed by atoms with Crippen LogP contribution in [0.3, 0.4) is 0 Å². The lowest BCUT2D eigenvalue weighted by Crippen LogP contribution is -2.46. The van der Waals surface area contributed by atoms with Gasteiger partial charge < -0.3 is 15.4 Å². The van der Waals surface area contributed by atoms with Gasteiger partial charge in [-0.1, -0.05) is 0 Å². The van der Waals surface area contributed by atoms with E-state index >= 15 is 0 Å². The largest absolute Gasteiger partial charge is 0.495 e. The van der Waals surface area contributed by atoms with Crippen molar-refractivity contribution in [2.75, 3.05) is 13.7 Å². The van der Waals surface area contributed by atoms with Crippen molar-refractivity contribution in [3.63, 3.8) is 0 Å². The first-order valence-corrected chi connectivity index (χ1v) is 10.1. The summed E-state index contributed by atoms with van der Waals surface area (Å²) in [5.74, 6) is -0.0233. The van der Waals surface area contributed by atoms with Gasteiger partial charge in [0.15, 0.2) is 0 Å². The maximum atomic E-state index is 12.5. The van der Waals surface area contributed by atoms with Crippen LogP contribution >= 0.6 is 12.4 Å². The molecule has 1 aromatic carbocycles. The highest BCUT2D eigenvalue weighted by molar-refractivity contribution is 7.89. The lowest BCUT2D eigenvalue weighted by Gasteiger charge is -2.28. The number of carbonyl (C=O) groups excluding carboxylic acids is 1. The molecular weight excluding hydrogens is 378 g/mol. The Bertz CT molecular complexity index is 752. The average Bonchev–Trinajstić information content (AvgIpc) is 3.37. The van der Waals surface area contributed by atoms with Crippen molar-refractivity contribution in [3.05, 3.63) is 23.8 Å². The Morgan fingerprint density at radius 2 is 1.96 bits per heavy atom. The Morgan fingerprint density at radius 3 is 2.58 bits per heavy atom. The number of sulfonamides is 1. The number of carbonyl (C=O) groups is 1. The number of rotatable bonds is 6. The van der Waals surface area contributed by atoms with Crippen molar-refractivity contribution >= 4 is 28.3 Å². The van der Waals surface area contributed by atoms with Crippen LogP contribution in [0, 0.1) is 0 Å². The molecule has 9 heteroatoms. The minimum atomic E-state index is -3.70. The van der Waals surface area contributed by atoms with Crippen LogP contribution < -0.4 is 20.1 Å². The summed E-state index contributed by atoms with van der Waals surface area (Å²) in [5.41, 5.74) is 0.322. The molecule has 1 aliphatic carbocycles. The van der Waals surface area contributed by atoms with Crippen LogP contribution in [0.1, 0.15) is 43.0 Å². The lowest BCUT2D eigenvalue weighted by atomic mass is 10.0. The van der Waals surface area contributed by atoms with Gasteiger partial charge in [-0.2, -0.15) is 0 Å².